The van der Waals surface area contributed by atoms with Gasteiger partial charge in [-0.05, 0) is 30.7 Å². The van der Waals surface area contributed by atoms with Crippen molar-refractivity contribution in [3.05, 3.63) is 75.9 Å². The van der Waals surface area contributed by atoms with Gasteiger partial charge in [0.1, 0.15) is 10.4 Å². The third-order valence-corrected chi connectivity index (χ3v) is 7.08. The van der Waals surface area contributed by atoms with E-state index >= 15 is 0 Å². The maximum Gasteiger partial charge on any atom is 0.346 e. The van der Waals surface area contributed by atoms with Crippen molar-refractivity contribution in [1.29, 1.82) is 0 Å². The van der Waals surface area contributed by atoms with Crippen molar-refractivity contribution in [3.63, 3.8) is 0 Å². The van der Waals surface area contributed by atoms with Gasteiger partial charge >= 0.3 is 5.97 Å². The molecule has 7 N–H and O–H groups in total. The van der Waals surface area contributed by atoms with Gasteiger partial charge in [0.25, 0.3) is 0 Å². The molecule has 0 spiro atoms. The number of pyridine rings is 2. The topological polar surface area (TPSA) is 167 Å². The number of benzene rings is 1. The minimum atomic E-state index is -1.64. The van der Waals surface area contributed by atoms with Gasteiger partial charge in [-0.2, -0.15) is 0 Å². The number of nitrogen functional groups attached to an aromatic ring is 1. The number of ketones is 1. The van der Waals surface area contributed by atoms with Gasteiger partial charge < -0.3 is 27.0 Å². The predicted octanol–water partition coefficient (Wildman–Crippen LogP) is 2.86. The lowest BCUT2D eigenvalue weighted by Gasteiger charge is -2.37. The Labute approximate surface area is 191 Å². The molecule has 1 aromatic carbocycles. The predicted molar refractivity (Wildman–Crippen MR) is 123 cm³/mol. The summed E-state index contributed by atoms with van der Waals surface area (Å²) in [6, 6.07) is 10.6. The Kier molecular flexibility index (Phi) is 4.67. The molecule has 10 heteroatoms. The van der Waals surface area contributed by atoms with Crippen LogP contribution in [0.1, 0.15) is 38.1 Å². The second kappa shape index (κ2) is 7.34. The zero-order chi connectivity index (χ0) is 23.5. The molecule has 0 aliphatic heterocycles. The van der Waals surface area contributed by atoms with E-state index in [4.69, 9.17) is 21.9 Å². The lowest BCUT2D eigenvalue weighted by Crippen LogP contribution is -2.53. The molecule has 9 nitrogen and oxygen atoms in total. The number of rotatable bonds is 4. The molecule has 166 valence electrons. The fourth-order valence-electron chi connectivity index (χ4n) is 4.34. The Morgan fingerprint density at radius 2 is 1.91 bits per heavy atom. The van der Waals surface area contributed by atoms with E-state index in [-0.39, 0.29) is 16.3 Å². The largest absolute Gasteiger partial charge is 0.477 e. The van der Waals surface area contributed by atoms with Gasteiger partial charge in [0.2, 0.25) is 11.8 Å². The number of carbonyl (C=O) groups excluding carboxylic acids is 1. The minimum Gasteiger partial charge on any atom is -0.477 e. The smallest absolute Gasteiger partial charge is 0.346 e. The molecule has 5 rings (SSSR count). The highest BCUT2D eigenvalue weighted by Crippen LogP contribution is 2.49. The number of carboxylic acids is 1. The Morgan fingerprint density at radius 1 is 1.15 bits per heavy atom. The lowest BCUT2D eigenvalue weighted by atomic mass is 9.70. The Bertz CT molecular complexity index is 1450. The normalized spacial score (nSPS) is 19.6. The van der Waals surface area contributed by atoms with E-state index in [1.54, 1.807) is 55.6 Å². The van der Waals surface area contributed by atoms with E-state index in [0.29, 0.717) is 38.5 Å². The number of aromatic nitrogens is 2. The first-order valence-corrected chi connectivity index (χ1v) is 10.8. The van der Waals surface area contributed by atoms with E-state index in [1.807, 2.05) is 0 Å². The van der Waals surface area contributed by atoms with Crippen LogP contribution in [0.3, 0.4) is 0 Å². The van der Waals surface area contributed by atoms with Crippen LogP contribution in [0.5, 0.6) is 11.8 Å². The van der Waals surface area contributed by atoms with Crippen LogP contribution in [0.25, 0.3) is 10.1 Å². The third kappa shape index (κ3) is 2.99. The summed E-state index contributed by atoms with van der Waals surface area (Å²) in [5, 5.41) is 10.2. The minimum absolute atomic E-state index is 0.0130. The van der Waals surface area contributed by atoms with Crippen LogP contribution in [0.15, 0.2) is 48.7 Å². The first-order chi connectivity index (χ1) is 15.7. The quantitative estimate of drug-likeness (QED) is 0.334. The first kappa shape index (κ1) is 21.0. The zero-order valence-corrected chi connectivity index (χ0v) is 18.2. The van der Waals surface area contributed by atoms with Crippen LogP contribution in [-0.2, 0) is 10.3 Å². The molecule has 1 aliphatic rings. The average Bonchev–Trinajstić information content (AvgIpc) is 3.20. The highest BCUT2D eigenvalue weighted by Gasteiger charge is 2.49. The maximum absolute atomic E-state index is 13.6. The van der Waals surface area contributed by atoms with E-state index in [0.717, 1.165) is 11.3 Å². The van der Waals surface area contributed by atoms with Crippen LogP contribution >= 0.6 is 11.3 Å². The monoisotopic (exact) mass is 461 g/mol. The van der Waals surface area contributed by atoms with Gasteiger partial charge in [-0.25, -0.2) is 14.8 Å². The Balaban J connectivity index is 1.70. The van der Waals surface area contributed by atoms with Gasteiger partial charge in [0, 0.05) is 46.2 Å². The van der Waals surface area contributed by atoms with Gasteiger partial charge in [0.15, 0.2) is 5.78 Å². The molecule has 0 fully saturated rings. The number of carbonyl (C=O) groups is 2. The number of aromatic carboxylic acids is 1. The molecule has 0 bridgehead atoms. The summed E-state index contributed by atoms with van der Waals surface area (Å²) in [5.74, 6) is -1.03. The summed E-state index contributed by atoms with van der Waals surface area (Å²) in [5.41, 5.74) is 19.6. The molecule has 33 heavy (non-hydrogen) atoms. The van der Waals surface area contributed by atoms with Gasteiger partial charge in [-0.3, -0.25) is 4.79 Å². The van der Waals surface area contributed by atoms with E-state index < -0.39 is 23.3 Å². The molecule has 0 amide bonds. The van der Waals surface area contributed by atoms with E-state index in [2.05, 4.69) is 9.97 Å². The van der Waals surface area contributed by atoms with Crippen molar-refractivity contribution < 1.29 is 19.4 Å². The number of anilines is 1. The lowest BCUT2D eigenvalue weighted by molar-refractivity contribution is -0.124. The third-order valence-electron chi connectivity index (χ3n) is 5.84. The van der Waals surface area contributed by atoms with Crippen molar-refractivity contribution in [2.24, 2.45) is 11.5 Å². The number of nitrogens with two attached hydrogens (primary N) is 3. The number of thiophene rings is 1. The summed E-state index contributed by atoms with van der Waals surface area (Å²) < 4.78 is 6.23. The summed E-state index contributed by atoms with van der Waals surface area (Å²) >= 11 is 0.992. The molecule has 3 aromatic heterocycles. The number of carboxylic acid groups (broad SMARTS) is 1. The molecule has 2 atom stereocenters. The van der Waals surface area contributed by atoms with Crippen molar-refractivity contribution >= 4 is 38.9 Å². The molecule has 1 aliphatic carbocycles. The molecule has 2 unspecified atom stereocenters. The standard InChI is InChI=1S/C23H19N5O4S/c1-10-11(6-8-15(28-10)32-14-4-2-3-9-27-14)23(26)12-5-7-13(24)19-16(12)17(18(25)21(23)29)20(33-19)22(30)31/h2-9,18H,24-26H2,1H3,(H,30,31). The molecular formula is C23H19N5O4S. The van der Waals surface area contributed by atoms with Crippen LogP contribution in [0, 0.1) is 6.92 Å². The highest BCUT2D eigenvalue weighted by atomic mass is 32.1. The van der Waals surface area contributed by atoms with E-state index in [1.165, 1.54) is 0 Å². The number of aryl methyl sites for hydroxylation is 1. The summed E-state index contributed by atoms with van der Waals surface area (Å²) in [6.07, 6.45) is 1.60. The average molecular weight is 462 g/mol. The van der Waals surface area contributed by atoms with Crippen molar-refractivity contribution in [2.75, 3.05) is 5.73 Å². The molecule has 0 saturated carbocycles. The van der Waals surface area contributed by atoms with Crippen LogP contribution in [-0.4, -0.2) is 26.8 Å². The molecule has 4 aromatic rings. The summed E-state index contributed by atoms with van der Waals surface area (Å²) in [7, 11) is 0. The fourth-order valence-corrected chi connectivity index (χ4v) is 5.48. The van der Waals surface area contributed by atoms with Crippen molar-refractivity contribution in [2.45, 2.75) is 18.5 Å². The SMILES string of the molecule is Cc1nc(Oc2ccccn2)ccc1C1(N)C(=O)C(N)c2c(C(=O)O)sc3c(N)ccc1c23. The fraction of sp³-hybridized carbons (Fsp3) is 0.130. The number of hydrogen-bond donors (Lipinski definition) is 4. The second-order valence-electron chi connectivity index (χ2n) is 7.76. The number of Topliss-reactive ketones (excluding diaryl/α,β-unsaturated/α-hetero) is 1. The summed E-state index contributed by atoms with van der Waals surface area (Å²) in [6.45, 7) is 1.72. The van der Waals surface area contributed by atoms with Crippen LogP contribution in [0.4, 0.5) is 5.69 Å². The molecule has 3 heterocycles. The van der Waals surface area contributed by atoms with Crippen molar-refractivity contribution in [1.82, 2.24) is 9.97 Å². The van der Waals surface area contributed by atoms with E-state index in [9.17, 15) is 14.7 Å². The van der Waals surface area contributed by atoms with Gasteiger partial charge in [-0.15, -0.1) is 11.3 Å². The first-order valence-electron chi connectivity index (χ1n) is 9.98. The summed E-state index contributed by atoms with van der Waals surface area (Å²) in [4.78, 5) is 34.0. The number of nitrogens with zero attached hydrogens (tertiary/aromatic N) is 2. The molecule has 0 saturated heterocycles. The van der Waals surface area contributed by atoms with Crippen LogP contribution < -0.4 is 21.9 Å². The maximum atomic E-state index is 13.6. The Morgan fingerprint density at radius 3 is 2.58 bits per heavy atom. The number of ether oxygens (including phenoxy) is 1. The van der Waals surface area contributed by atoms with Gasteiger partial charge in [-0.1, -0.05) is 12.1 Å². The Hall–Kier alpha value is -3.86. The second-order valence-corrected chi connectivity index (χ2v) is 8.78. The highest BCUT2D eigenvalue weighted by molar-refractivity contribution is 7.21. The molecule has 0 radical (unpaired) electrons. The molecular weight excluding hydrogens is 442 g/mol. The van der Waals surface area contributed by atoms with Crippen molar-refractivity contribution in [3.8, 4) is 11.8 Å². The van der Waals surface area contributed by atoms with Gasteiger partial charge in [0.05, 0.1) is 10.7 Å². The zero-order valence-electron chi connectivity index (χ0n) is 17.4. The van der Waals surface area contributed by atoms with Crippen LogP contribution in [0.2, 0.25) is 0 Å². The number of hydrogen-bond acceptors (Lipinski definition) is 9.